The van der Waals surface area contributed by atoms with Gasteiger partial charge in [-0.1, -0.05) is 45.9 Å². The number of allylic oxidation sites excluding steroid dienone is 5. The molecule has 1 aliphatic carbocycles. The van der Waals surface area contributed by atoms with Crippen LogP contribution >= 0.6 is 31.9 Å². The molecule has 2 aromatic carbocycles. The first-order valence-electron chi connectivity index (χ1n) is 11.1. The normalized spacial score (nSPS) is 15.9. The fraction of sp³-hybridized carbons (Fsp3) is 0.296. The van der Waals surface area contributed by atoms with Gasteiger partial charge in [-0.05, 0) is 109 Å². The van der Waals surface area contributed by atoms with Crippen LogP contribution in [0.25, 0.3) is 5.57 Å². The molecular formula is C27H28Br2NaO5S. The summed E-state index contributed by atoms with van der Waals surface area (Å²) in [5.41, 5.74) is 4.78. The van der Waals surface area contributed by atoms with Gasteiger partial charge in [0.05, 0.1) is 8.96 Å². The molecular weight excluding hydrogens is 619 g/mol. The van der Waals surface area contributed by atoms with Crippen LogP contribution < -0.4 is 0 Å². The van der Waals surface area contributed by atoms with Crippen molar-refractivity contribution in [2.75, 3.05) is 0 Å². The van der Waals surface area contributed by atoms with Crippen molar-refractivity contribution in [2.24, 2.45) is 5.92 Å². The number of carbonyl (C=O) groups is 1. The quantitative estimate of drug-likeness (QED) is 0.267. The molecule has 0 saturated carbocycles. The van der Waals surface area contributed by atoms with E-state index in [4.69, 9.17) is 0 Å². The van der Waals surface area contributed by atoms with Crippen LogP contribution in [0, 0.1) is 12.8 Å². The molecule has 2 aromatic rings. The second-order valence-corrected chi connectivity index (χ2v) is 12.2. The summed E-state index contributed by atoms with van der Waals surface area (Å²) < 4.78 is 35.8. The van der Waals surface area contributed by atoms with Crippen molar-refractivity contribution >= 4 is 82.9 Å². The zero-order chi connectivity index (χ0) is 26.4. The number of phenolic OH excluding ortho intramolecular Hbond substituents is 1. The third-order valence-electron chi connectivity index (χ3n) is 6.23. The average Bonchev–Trinajstić information content (AvgIpc) is 2.78. The van der Waals surface area contributed by atoms with Crippen molar-refractivity contribution in [3.05, 3.63) is 84.3 Å². The van der Waals surface area contributed by atoms with E-state index in [1.165, 1.54) is 6.07 Å². The minimum Gasteiger partial charge on any atom is -0.506 e. The van der Waals surface area contributed by atoms with E-state index in [-0.39, 0.29) is 57.8 Å². The molecule has 0 bridgehead atoms. The van der Waals surface area contributed by atoms with Crippen molar-refractivity contribution in [3.63, 3.8) is 0 Å². The second kappa shape index (κ2) is 11.8. The van der Waals surface area contributed by atoms with E-state index in [0.29, 0.717) is 53.5 Å². The van der Waals surface area contributed by atoms with Crippen molar-refractivity contribution < 1.29 is 22.9 Å². The smallest absolute Gasteiger partial charge is 0.295 e. The van der Waals surface area contributed by atoms with Crippen LogP contribution in [0.5, 0.6) is 5.75 Å². The van der Waals surface area contributed by atoms with Crippen LogP contribution in [-0.4, -0.2) is 53.4 Å². The summed E-state index contributed by atoms with van der Waals surface area (Å²) in [6, 6.07) is 8.10. The van der Waals surface area contributed by atoms with Crippen molar-refractivity contribution in [1.82, 2.24) is 0 Å². The Balaban J connectivity index is 0.00000456. The molecule has 0 fully saturated rings. The summed E-state index contributed by atoms with van der Waals surface area (Å²) in [6.45, 7) is 11.4. The molecule has 9 heteroatoms. The molecule has 0 spiro atoms. The van der Waals surface area contributed by atoms with Gasteiger partial charge in [0.25, 0.3) is 10.1 Å². The Morgan fingerprint density at radius 3 is 2.08 bits per heavy atom. The second-order valence-electron chi connectivity index (χ2n) is 9.24. The van der Waals surface area contributed by atoms with Gasteiger partial charge in [0.1, 0.15) is 10.6 Å². The molecule has 0 heterocycles. The maximum absolute atomic E-state index is 13.0. The van der Waals surface area contributed by atoms with E-state index >= 15 is 0 Å². The van der Waals surface area contributed by atoms with Gasteiger partial charge in [-0.3, -0.25) is 9.35 Å². The maximum Gasteiger partial charge on any atom is 0.295 e. The van der Waals surface area contributed by atoms with Crippen molar-refractivity contribution in [2.45, 2.75) is 52.4 Å². The van der Waals surface area contributed by atoms with Crippen molar-refractivity contribution in [1.29, 1.82) is 0 Å². The molecule has 1 aliphatic rings. The van der Waals surface area contributed by atoms with Crippen LogP contribution in [0.1, 0.15) is 62.8 Å². The monoisotopic (exact) mass is 645 g/mol. The topological polar surface area (TPSA) is 91.7 Å². The van der Waals surface area contributed by atoms with Gasteiger partial charge in [0, 0.05) is 40.7 Å². The SMILES string of the molecule is CC1=C(Br)C(=O)C(C(C)C)=C/C1=C(/c1ccccc1S(=O)(=O)O)c1cc(C(C)C)c(O)c(Br)c1C.[Na]. The number of ketones is 1. The van der Waals surface area contributed by atoms with Gasteiger partial charge in [0.2, 0.25) is 0 Å². The number of aromatic hydroxyl groups is 1. The number of hydrogen-bond donors (Lipinski definition) is 2. The number of phenols is 1. The molecule has 1 radical (unpaired) electrons. The number of benzene rings is 2. The Kier molecular flexibility index (Phi) is 10.2. The fourth-order valence-electron chi connectivity index (χ4n) is 4.22. The van der Waals surface area contributed by atoms with Crippen LogP contribution in [0.15, 0.2) is 67.0 Å². The van der Waals surface area contributed by atoms with Gasteiger partial charge >= 0.3 is 0 Å². The summed E-state index contributed by atoms with van der Waals surface area (Å²) in [5, 5.41) is 10.8. The fourth-order valence-corrected chi connectivity index (χ4v) is 5.80. The van der Waals surface area contributed by atoms with Crippen LogP contribution in [0.2, 0.25) is 0 Å². The van der Waals surface area contributed by atoms with E-state index in [0.717, 1.165) is 0 Å². The van der Waals surface area contributed by atoms with Crippen LogP contribution in [0.4, 0.5) is 0 Å². The molecule has 0 unspecified atom stereocenters. The van der Waals surface area contributed by atoms with E-state index in [1.807, 2.05) is 40.7 Å². The number of halogens is 2. The molecule has 0 atom stereocenters. The zero-order valence-electron chi connectivity index (χ0n) is 21.4. The predicted octanol–water partition coefficient (Wildman–Crippen LogP) is 7.09. The Morgan fingerprint density at radius 1 is 0.972 bits per heavy atom. The van der Waals surface area contributed by atoms with E-state index < -0.39 is 10.1 Å². The van der Waals surface area contributed by atoms with E-state index in [1.54, 1.807) is 31.2 Å². The van der Waals surface area contributed by atoms with E-state index in [9.17, 15) is 22.9 Å². The third-order valence-corrected chi connectivity index (χ3v) is 9.06. The first kappa shape index (κ1) is 31.2. The molecule has 36 heavy (non-hydrogen) atoms. The molecule has 3 rings (SSSR count). The Hall–Kier alpha value is -1.000. The standard InChI is InChI=1S/C27H28Br2O5S.Na/c1-13(2)18-11-20(15(5)24(28)26(18)30)23(17-9-7-8-10-22(17)35(32,33)34)21-12-19(14(3)4)27(31)25(29)16(21)6;/h7-14,30H,1-6H3,(H,32,33,34);/b23-21+;. The molecule has 0 aromatic heterocycles. The van der Waals surface area contributed by atoms with Gasteiger partial charge < -0.3 is 5.11 Å². The number of rotatable bonds is 5. The Morgan fingerprint density at radius 2 is 1.56 bits per heavy atom. The van der Waals surface area contributed by atoms with Gasteiger partial charge in [0.15, 0.2) is 5.78 Å². The van der Waals surface area contributed by atoms with Gasteiger partial charge in [-0.2, -0.15) is 8.42 Å². The van der Waals surface area contributed by atoms with E-state index in [2.05, 4.69) is 31.9 Å². The summed E-state index contributed by atoms with van der Waals surface area (Å²) in [7, 11) is -4.57. The minimum atomic E-state index is -4.57. The Labute approximate surface area is 252 Å². The molecule has 187 valence electrons. The van der Waals surface area contributed by atoms with Crippen molar-refractivity contribution in [3.8, 4) is 5.75 Å². The molecule has 5 nitrogen and oxygen atoms in total. The first-order chi connectivity index (χ1) is 16.2. The van der Waals surface area contributed by atoms with Crippen LogP contribution in [0.3, 0.4) is 0 Å². The predicted molar refractivity (Wildman–Crippen MR) is 152 cm³/mol. The number of hydrogen-bond acceptors (Lipinski definition) is 4. The van der Waals surface area contributed by atoms with Crippen LogP contribution in [-0.2, 0) is 14.9 Å². The first-order valence-corrected chi connectivity index (χ1v) is 14.2. The summed E-state index contributed by atoms with van der Waals surface area (Å²) in [4.78, 5) is 12.7. The minimum absolute atomic E-state index is 0. The number of carbonyl (C=O) groups excluding carboxylic acids is 1. The zero-order valence-corrected chi connectivity index (χ0v) is 27.4. The van der Waals surface area contributed by atoms with Gasteiger partial charge in [-0.25, -0.2) is 0 Å². The molecule has 0 amide bonds. The largest absolute Gasteiger partial charge is 0.506 e. The Bertz CT molecular complexity index is 1430. The summed E-state index contributed by atoms with van der Waals surface area (Å²) in [6.07, 6.45) is 1.80. The summed E-state index contributed by atoms with van der Waals surface area (Å²) >= 11 is 6.97. The maximum atomic E-state index is 13.0. The summed E-state index contributed by atoms with van der Waals surface area (Å²) in [5.74, 6) is -0.0867. The number of Topliss-reactive ketones (excluding diaryl/α,β-unsaturated/α-hetero) is 1. The average molecular weight is 647 g/mol. The molecule has 2 N–H and O–H groups in total. The molecule has 0 aliphatic heterocycles. The van der Waals surface area contributed by atoms with Gasteiger partial charge in [-0.15, -0.1) is 0 Å². The third kappa shape index (κ3) is 5.85. The molecule has 0 saturated heterocycles.